The lowest BCUT2D eigenvalue weighted by Gasteiger charge is -2.23. The number of halogens is 2. The zero-order valence-corrected chi connectivity index (χ0v) is 13.7. The molecule has 3 nitrogen and oxygen atoms in total. The molecular weight excluding hydrogens is 315 g/mol. The molecule has 0 N–H and O–H groups in total. The molecule has 2 aromatic rings. The molecule has 2 aromatic carbocycles. The highest BCUT2D eigenvalue weighted by atomic mass is 35.5. The molecular formula is C18H16ClFN2O. The summed E-state index contributed by atoms with van der Waals surface area (Å²) in [7, 11) is 0. The monoisotopic (exact) mass is 330 g/mol. The van der Waals surface area contributed by atoms with Crippen LogP contribution >= 0.6 is 11.6 Å². The molecule has 1 amide bonds. The van der Waals surface area contributed by atoms with E-state index in [-0.39, 0.29) is 29.5 Å². The zero-order valence-electron chi connectivity index (χ0n) is 12.9. The van der Waals surface area contributed by atoms with Crippen LogP contribution in [0.4, 0.5) is 10.1 Å². The molecule has 0 aliphatic heterocycles. The molecule has 0 bridgehead atoms. The largest absolute Gasteiger partial charge is 0.307 e. The van der Waals surface area contributed by atoms with E-state index < -0.39 is 5.82 Å². The third-order valence-electron chi connectivity index (χ3n) is 3.66. The lowest BCUT2D eigenvalue weighted by molar-refractivity contribution is 0.0987. The normalized spacial score (nSPS) is 10.2. The predicted molar refractivity (Wildman–Crippen MR) is 89.2 cm³/mol. The van der Waals surface area contributed by atoms with Gasteiger partial charge in [0.05, 0.1) is 23.1 Å². The number of hydrogen-bond donors (Lipinski definition) is 0. The Labute approximate surface area is 139 Å². The Morgan fingerprint density at radius 2 is 1.96 bits per heavy atom. The number of rotatable bonds is 4. The molecule has 118 valence electrons. The summed E-state index contributed by atoms with van der Waals surface area (Å²) in [4.78, 5) is 14.3. The number of carbonyl (C=O) groups is 1. The third-order valence-corrected chi connectivity index (χ3v) is 3.97. The Bertz CT molecular complexity index is 783. The SMILES string of the molecule is Cc1ccc(N(CCC#N)C(=O)c2ccc(F)cc2Cl)cc1C. The second-order valence-electron chi connectivity index (χ2n) is 5.26. The maximum absolute atomic E-state index is 13.2. The van der Waals surface area contributed by atoms with Crippen LogP contribution in [0.2, 0.25) is 5.02 Å². The molecule has 0 radical (unpaired) electrons. The highest BCUT2D eigenvalue weighted by molar-refractivity contribution is 6.34. The van der Waals surface area contributed by atoms with Crippen LogP contribution in [0.5, 0.6) is 0 Å². The number of amides is 1. The van der Waals surface area contributed by atoms with Gasteiger partial charge in [-0.15, -0.1) is 0 Å². The van der Waals surface area contributed by atoms with Crippen LogP contribution < -0.4 is 4.90 Å². The summed E-state index contributed by atoms with van der Waals surface area (Å²) >= 11 is 5.99. The minimum atomic E-state index is -0.499. The fourth-order valence-corrected chi connectivity index (χ4v) is 2.46. The van der Waals surface area contributed by atoms with Crippen LogP contribution in [-0.4, -0.2) is 12.5 Å². The van der Waals surface area contributed by atoms with Crippen molar-refractivity contribution in [1.82, 2.24) is 0 Å². The van der Waals surface area contributed by atoms with Gasteiger partial charge in [0.25, 0.3) is 5.91 Å². The average Bonchev–Trinajstić information content (AvgIpc) is 2.50. The molecule has 0 saturated heterocycles. The van der Waals surface area contributed by atoms with E-state index in [9.17, 15) is 9.18 Å². The Morgan fingerprint density at radius 3 is 2.57 bits per heavy atom. The van der Waals surface area contributed by atoms with Gasteiger partial charge in [-0.2, -0.15) is 5.26 Å². The van der Waals surface area contributed by atoms with E-state index in [1.807, 2.05) is 38.1 Å². The number of nitrogens with zero attached hydrogens (tertiary/aromatic N) is 2. The van der Waals surface area contributed by atoms with Crippen LogP contribution in [0.15, 0.2) is 36.4 Å². The van der Waals surface area contributed by atoms with Crippen molar-refractivity contribution in [2.45, 2.75) is 20.3 Å². The highest BCUT2D eigenvalue weighted by Gasteiger charge is 2.20. The summed E-state index contributed by atoms with van der Waals surface area (Å²) in [6.07, 6.45) is 0.192. The van der Waals surface area contributed by atoms with Crippen molar-refractivity contribution in [2.75, 3.05) is 11.4 Å². The fraction of sp³-hybridized carbons (Fsp3) is 0.222. The van der Waals surface area contributed by atoms with Crippen LogP contribution in [0.1, 0.15) is 27.9 Å². The molecule has 0 unspecified atom stereocenters. The van der Waals surface area contributed by atoms with E-state index >= 15 is 0 Å². The molecule has 5 heteroatoms. The van der Waals surface area contributed by atoms with Crippen molar-refractivity contribution in [3.8, 4) is 6.07 Å². The van der Waals surface area contributed by atoms with Crippen molar-refractivity contribution in [3.63, 3.8) is 0 Å². The van der Waals surface area contributed by atoms with Gasteiger partial charge in [-0.3, -0.25) is 4.79 Å². The Hall–Kier alpha value is -2.38. The van der Waals surface area contributed by atoms with E-state index in [0.29, 0.717) is 5.69 Å². The molecule has 0 aromatic heterocycles. The predicted octanol–water partition coefficient (Wildman–Crippen LogP) is 4.66. The summed E-state index contributed by atoms with van der Waals surface area (Å²) in [5.41, 5.74) is 3.06. The lowest BCUT2D eigenvalue weighted by atomic mass is 10.1. The van der Waals surface area contributed by atoms with Crippen molar-refractivity contribution < 1.29 is 9.18 Å². The van der Waals surface area contributed by atoms with Gasteiger partial charge >= 0.3 is 0 Å². The van der Waals surface area contributed by atoms with E-state index in [1.54, 1.807) is 0 Å². The average molecular weight is 331 g/mol. The van der Waals surface area contributed by atoms with E-state index in [4.69, 9.17) is 16.9 Å². The van der Waals surface area contributed by atoms with Crippen LogP contribution in [0.3, 0.4) is 0 Å². The van der Waals surface area contributed by atoms with Gasteiger partial charge in [-0.25, -0.2) is 4.39 Å². The van der Waals surface area contributed by atoms with E-state index in [1.165, 1.54) is 17.0 Å². The summed E-state index contributed by atoms with van der Waals surface area (Å²) < 4.78 is 13.2. The minimum absolute atomic E-state index is 0.0563. The maximum atomic E-state index is 13.2. The topological polar surface area (TPSA) is 44.1 Å². The number of anilines is 1. The number of benzene rings is 2. The van der Waals surface area contributed by atoms with Crippen molar-refractivity contribution in [2.24, 2.45) is 0 Å². The minimum Gasteiger partial charge on any atom is -0.307 e. The Kier molecular flexibility index (Phi) is 5.36. The second kappa shape index (κ2) is 7.26. The highest BCUT2D eigenvalue weighted by Crippen LogP contribution is 2.24. The standard InChI is InChI=1S/C18H16ClFN2O/c1-12-4-6-15(10-13(12)2)22(9-3-8-21)18(23)16-7-5-14(20)11-17(16)19/h4-7,10-11H,3,9H2,1-2H3. The van der Waals surface area contributed by atoms with Gasteiger partial charge in [0, 0.05) is 12.2 Å². The lowest BCUT2D eigenvalue weighted by Crippen LogP contribution is -2.32. The van der Waals surface area contributed by atoms with Gasteiger partial charge < -0.3 is 4.90 Å². The quantitative estimate of drug-likeness (QED) is 0.818. The molecule has 0 aliphatic rings. The van der Waals surface area contributed by atoms with Crippen molar-refractivity contribution in [1.29, 1.82) is 5.26 Å². The van der Waals surface area contributed by atoms with Gasteiger partial charge in [-0.1, -0.05) is 17.7 Å². The van der Waals surface area contributed by atoms with E-state index in [2.05, 4.69) is 0 Å². The first-order valence-electron chi connectivity index (χ1n) is 7.15. The first-order chi connectivity index (χ1) is 10.9. The molecule has 0 aliphatic carbocycles. The summed E-state index contributed by atoms with van der Waals surface area (Å²) in [6.45, 7) is 4.18. The molecule has 2 rings (SSSR count). The summed E-state index contributed by atoms with van der Waals surface area (Å²) in [6, 6.07) is 11.3. The smallest absolute Gasteiger partial charge is 0.259 e. The van der Waals surface area contributed by atoms with Gasteiger partial charge in [-0.05, 0) is 55.3 Å². The number of nitriles is 1. The van der Waals surface area contributed by atoms with Gasteiger partial charge in [0.15, 0.2) is 0 Å². The number of carbonyl (C=O) groups excluding carboxylic acids is 1. The number of hydrogen-bond acceptors (Lipinski definition) is 2. The van der Waals surface area contributed by atoms with Crippen LogP contribution in [0, 0.1) is 31.0 Å². The summed E-state index contributed by atoms with van der Waals surface area (Å²) in [5.74, 6) is -0.852. The zero-order chi connectivity index (χ0) is 17.0. The molecule has 0 spiro atoms. The maximum Gasteiger partial charge on any atom is 0.259 e. The molecule has 0 heterocycles. The van der Waals surface area contributed by atoms with Crippen LogP contribution in [-0.2, 0) is 0 Å². The molecule has 0 saturated carbocycles. The molecule has 0 fully saturated rings. The third kappa shape index (κ3) is 3.88. The number of aryl methyl sites for hydroxylation is 2. The van der Waals surface area contributed by atoms with Gasteiger partial charge in [0.2, 0.25) is 0 Å². The van der Waals surface area contributed by atoms with Crippen LogP contribution in [0.25, 0.3) is 0 Å². The second-order valence-corrected chi connectivity index (χ2v) is 5.66. The fourth-order valence-electron chi connectivity index (χ4n) is 2.21. The molecule has 0 atom stereocenters. The van der Waals surface area contributed by atoms with Crippen molar-refractivity contribution >= 4 is 23.2 Å². The van der Waals surface area contributed by atoms with Gasteiger partial charge in [0.1, 0.15) is 5.82 Å². The van der Waals surface area contributed by atoms with E-state index in [0.717, 1.165) is 17.2 Å². The Morgan fingerprint density at radius 1 is 1.22 bits per heavy atom. The Balaban J connectivity index is 2.43. The summed E-state index contributed by atoms with van der Waals surface area (Å²) in [5, 5.41) is 8.90. The first-order valence-corrected chi connectivity index (χ1v) is 7.53. The van der Waals surface area contributed by atoms with Crippen molar-refractivity contribution in [3.05, 3.63) is 63.9 Å². The first kappa shape index (κ1) is 17.0. The molecule has 23 heavy (non-hydrogen) atoms.